The number of nitrogens with zero attached hydrogens (tertiary/aromatic N) is 5. The predicted molar refractivity (Wildman–Crippen MR) is 110 cm³/mol. The van der Waals surface area contributed by atoms with Gasteiger partial charge in [-0.1, -0.05) is 18.2 Å². The summed E-state index contributed by atoms with van der Waals surface area (Å²) in [5.74, 6) is 0.609. The van der Waals surface area contributed by atoms with Crippen LogP contribution in [0.3, 0.4) is 0 Å². The number of benzene rings is 1. The monoisotopic (exact) mass is 370 g/mol. The van der Waals surface area contributed by atoms with Gasteiger partial charge in [-0.25, -0.2) is 14.6 Å². The highest BCUT2D eigenvalue weighted by atomic mass is 15.3. The highest BCUT2D eigenvalue weighted by molar-refractivity contribution is 5.59. The number of aromatic nitrogens is 5. The molecule has 3 aromatic heterocycles. The fourth-order valence-electron chi connectivity index (χ4n) is 3.10. The molecule has 3 heterocycles. The minimum atomic E-state index is 0.189. The van der Waals surface area contributed by atoms with Crippen LogP contribution in [0.2, 0.25) is 0 Å². The standard InChI is InChI=1S/C22H22N6/c1-16-5-3-7-20(11-16)28-15-19(14-25-28)21-8-10-24-22(27-21)26-17(2)12-18-6-4-9-23-13-18/h3-11,13-15,17H,12H2,1-2H3,(H,24,26,27)/t17-/m1/s1. The third-order valence-corrected chi connectivity index (χ3v) is 4.44. The van der Waals surface area contributed by atoms with Crippen LogP contribution in [0.4, 0.5) is 5.95 Å². The van der Waals surface area contributed by atoms with Gasteiger partial charge in [-0.3, -0.25) is 4.98 Å². The molecule has 0 aliphatic carbocycles. The maximum absolute atomic E-state index is 4.66. The van der Waals surface area contributed by atoms with E-state index in [-0.39, 0.29) is 6.04 Å². The fourth-order valence-corrected chi connectivity index (χ4v) is 3.10. The molecule has 0 aliphatic heterocycles. The van der Waals surface area contributed by atoms with Gasteiger partial charge in [0, 0.05) is 36.4 Å². The molecule has 0 radical (unpaired) electrons. The lowest BCUT2D eigenvalue weighted by Gasteiger charge is -2.13. The van der Waals surface area contributed by atoms with Crippen LogP contribution in [0.25, 0.3) is 16.9 Å². The molecular weight excluding hydrogens is 348 g/mol. The SMILES string of the molecule is Cc1cccc(-n2cc(-c3ccnc(N[C@H](C)Cc4cccnc4)n3)cn2)c1. The molecule has 0 spiro atoms. The van der Waals surface area contributed by atoms with Gasteiger partial charge in [0.05, 0.1) is 17.6 Å². The van der Waals surface area contributed by atoms with E-state index in [2.05, 4.69) is 57.4 Å². The zero-order valence-corrected chi connectivity index (χ0v) is 15.9. The Morgan fingerprint density at radius 2 is 2.00 bits per heavy atom. The molecule has 28 heavy (non-hydrogen) atoms. The molecular formula is C22H22N6. The molecule has 0 aliphatic rings. The second-order valence-electron chi connectivity index (χ2n) is 6.89. The third-order valence-electron chi connectivity index (χ3n) is 4.44. The zero-order chi connectivity index (χ0) is 19.3. The Labute approximate surface area is 164 Å². The molecule has 0 saturated carbocycles. The number of hydrogen-bond donors (Lipinski definition) is 1. The molecule has 4 aromatic rings. The number of pyridine rings is 1. The Morgan fingerprint density at radius 3 is 2.82 bits per heavy atom. The highest BCUT2D eigenvalue weighted by Crippen LogP contribution is 2.19. The van der Waals surface area contributed by atoms with Crippen molar-refractivity contribution >= 4 is 5.95 Å². The van der Waals surface area contributed by atoms with Gasteiger partial charge in [-0.2, -0.15) is 5.10 Å². The number of rotatable bonds is 6. The van der Waals surface area contributed by atoms with E-state index in [1.165, 1.54) is 11.1 Å². The molecule has 1 atom stereocenters. The van der Waals surface area contributed by atoms with Gasteiger partial charge < -0.3 is 5.32 Å². The summed E-state index contributed by atoms with van der Waals surface area (Å²) in [6, 6.07) is 14.3. The van der Waals surface area contributed by atoms with Gasteiger partial charge in [-0.05, 0) is 55.7 Å². The first-order valence-electron chi connectivity index (χ1n) is 9.28. The van der Waals surface area contributed by atoms with Crippen molar-refractivity contribution in [1.82, 2.24) is 24.7 Å². The Balaban J connectivity index is 1.49. The van der Waals surface area contributed by atoms with E-state index in [0.29, 0.717) is 5.95 Å². The van der Waals surface area contributed by atoms with Gasteiger partial charge >= 0.3 is 0 Å². The number of anilines is 1. The Hall–Kier alpha value is -3.54. The quantitative estimate of drug-likeness (QED) is 0.554. The Morgan fingerprint density at radius 1 is 1.07 bits per heavy atom. The summed E-state index contributed by atoms with van der Waals surface area (Å²) in [6.45, 7) is 4.18. The number of nitrogens with one attached hydrogen (secondary N) is 1. The van der Waals surface area contributed by atoms with E-state index in [4.69, 9.17) is 0 Å². The number of aryl methyl sites for hydroxylation is 1. The molecule has 0 amide bonds. The molecule has 1 aromatic carbocycles. The molecule has 0 unspecified atom stereocenters. The van der Waals surface area contributed by atoms with E-state index in [1.54, 1.807) is 12.4 Å². The summed E-state index contributed by atoms with van der Waals surface area (Å²) < 4.78 is 1.86. The van der Waals surface area contributed by atoms with Gasteiger partial charge in [-0.15, -0.1) is 0 Å². The van der Waals surface area contributed by atoms with Crippen LogP contribution in [0, 0.1) is 6.92 Å². The van der Waals surface area contributed by atoms with Gasteiger partial charge in [0.1, 0.15) is 0 Å². The largest absolute Gasteiger partial charge is 0.351 e. The molecule has 1 N–H and O–H groups in total. The van der Waals surface area contributed by atoms with Crippen molar-refractivity contribution in [2.24, 2.45) is 0 Å². The van der Waals surface area contributed by atoms with E-state index in [1.807, 2.05) is 47.5 Å². The first kappa shape index (κ1) is 17.9. The fraction of sp³-hybridized carbons (Fsp3) is 0.182. The van der Waals surface area contributed by atoms with Crippen LogP contribution in [-0.2, 0) is 6.42 Å². The normalized spacial score (nSPS) is 11.9. The Kier molecular flexibility index (Phi) is 5.10. The van der Waals surface area contributed by atoms with Crippen LogP contribution in [0.15, 0.2) is 73.4 Å². The molecule has 4 rings (SSSR count). The lowest BCUT2D eigenvalue weighted by Crippen LogP contribution is -2.19. The van der Waals surface area contributed by atoms with Crippen LogP contribution in [0.1, 0.15) is 18.1 Å². The molecule has 6 heteroatoms. The van der Waals surface area contributed by atoms with E-state index < -0.39 is 0 Å². The van der Waals surface area contributed by atoms with Crippen molar-refractivity contribution in [1.29, 1.82) is 0 Å². The van der Waals surface area contributed by atoms with Crippen molar-refractivity contribution < 1.29 is 0 Å². The minimum absolute atomic E-state index is 0.189. The maximum Gasteiger partial charge on any atom is 0.223 e. The summed E-state index contributed by atoms with van der Waals surface area (Å²) in [5.41, 5.74) is 5.20. The van der Waals surface area contributed by atoms with Crippen LogP contribution < -0.4 is 5.32 Å². The van der Waals surface area contributed by atoms with Crippen LogP contribution in [-0.4, -0.2) is 30.8 Å². The Bertz CT molecular complexity index is 1060. The van der Waals surface area contributed by atoms with E-state index >= 15 is 0 Å². The van der Waals surface area contributed by atoms with Gasteiger partial charge in [0.15, 0.2) is 0 Å². The van der Waals surface area contributed by atoms with E-state index in [9.17, 15) is 0 Å². The first-order chi connectivity index (χ1) is 13.7. The van der Waals surface area contributed by atoms with Crippen molar-refractivity contribution in [2.45, 2.75) is 26.3 Å². The van der Waals surface area contributed by atoms with Crippen LogP contribution >= 0.6 is 0 Å². The lowest BCUT2D eigenvalue weighted by molar-refractivity contribution is 0.774. The van der Waals surface area contributed by atoms with Crippen molar-refractivity contribution in [2.75, 3.05) is 5.32 Å². The maximum atomic E-state index is 4.66. The molecule has 0 saturated heterocycles. The zero-order valence-electron chi connectivity index (χ0n) is 15.9. The van der Waals surface area contributed by atoms with Crippen molar-refractivity contribution in [3.63, 3.8) is 0 Å². The smallest absolute Gasteiger partial charge is 0.223 e. The summed E-state index contributed by atoms with van der Waals surface area (Å²) >= 11 is 0. The summed E-state index contributed by atoms with van der Waals surface area (Å²) in [7, 11) is 0. The molecule has 0 bridgehead atoms. The second-order valence-corrected chi connectivity index (χ2v) is 6.89. The van der Waals surface area contributed by atoms with Gasteiger partial charge in [0.25, 0.3) is 0 Å². The molecule has 0 fully saturated rings. The summed E-state index contributed by atoms with van der Waals surface area (Å²) in [6.07, 6.45) is 10.1. The van der Waals surface area contributed by atoms with Crippen LogP contribution in [0.5, 0.6) is 0 Å². The van der Waals surface area contributed by atoms with E-state index in [0.717, 1.165) is 23.4 Å². The van der Waals surface area contributed by atoms with Gasteiger partial charge in [0.2, 0.25) is 5.95 Å². The number of hydrogen-bond acceptors (Lipinski definition) is 5. The average molecular weight is 370 g/mol. The predicted octanol–water partition coefficient (Wildman–Crippen LogP) is 4.08. The highest BCUT2D eigenvalue weighted by Gasteiger charge is 2.09. The topological polar surface area (TPSA) is 68.5 Å². The minimum Gasteiger partial charge on any atom is -0.351 e. The molecule has 140 valence electrons. The van der Waals surface area contributed by atoms with Crippen molar-refractivity contribution in [3.05, 3.63) is 84.6 Å². The summed E-state index contributed by atoms with van der Waals surface area (Å²) in [5, 5.41) is 7.85. The van der Waals surface area contributed by atoms with Crippen molar-refractivity contribution in [3.8, 4) is 16.9 Å². The second kappa shape index (κ2) is 8.00. The average Bonchev–Trinajstić information content (AvgIpc) is 3.19. The third kappa shape index (κ3) is 4.23. The first-order valence-corrected chi connectivity index (χ1v) is 9.28. The summed E-state index contributed by atoms with van der Waals surface area (Å²) in [4.78, 5) is 13.2. The molecule has 6 nitrogen and oxygen atoms in total. The lowest BCUT2D eigenvalue weighted by atomic mass is 10.1.